The minimum atomic E-state index is -0.133. The summed E-state index contributed by atoms with van der Waals surface area (Å²) in [6.07, 6.45) is 0.794. The maximum Gasteiger partial charge on any atom is 0.262 e. The van der Waals surface area contributed by atoms with Crippen LogP contribution in [-0.2, 0) is 11.3 Å². The summed E-state index contributed by atoms with van der Waals surface area (Å²) in [4.78, 5) is 30.0. The van der Waals surface area contributed by atoms with Gasteiger partial charge in [-0.15, -0.1) is 0 Å². The minimum Gasteiger partial charge on any atom is -0.325 e. The Morgan fingerprint density at radius 2 is 2.00 bits per heavy atom. The average molecular weight is 430 g/mol. The summed E-state index contributed by atoms with van der Waals surface area (Å²) in [6, 6.07) is 12.9. The molecule has 0 spiro atoms. The third-order valence-corrected chi connectivity index (χ3v) is 5.73. The van der Waals surface area contributed by atoms with Crippen LogP contribution in [-0.4, -0.2) is 21.2 Å². The van der Waals surface area contributed by atoms with Crippen LogP contribution in [0.2, 0.25) is 5.02 Å². The van der Waals surface area contributed by atoms with Gasteiger partial charge in [-0.1, -0.05) is 62.3 Å². The lowest BCUT2D eigenvalue weighted by Gasteiger charge is -2.14. The molecule has 3 aromatic rings. The Balaban J connectivity index is 1.83. The van der Waals surface area contributed by atoms with E-state index in [0.717, 1.165) is 17.7 Å². The van der Waals surface area contributed by atoms with E-state index in [1.54, 1.807) is 22.8 Å². The number of anilines is 1. The Labute approximate surface area is 179 Å². The van der Waals surface area contributed by atoms with Crippen LogP contribution in [0.3, 0.4) is 0 Å². The molecule has 0 fully saturated rings. The number of para-hydroxylation sites is 1. The molecule has 0 bridgehead atoms. The molecule has 0 saturated heterocycles. The van der Waals surface area contributed by atoms with E-state index in [4.69, 9.17) is 11.6 Å². The Bertz CT molecular complexity index is 1100. The van der Waals surface area contributed by atoms with E-state index >= 15 is 0 Å². The fraction of sp³-hybridized carbons (Fsp3) is 0.318. The molecule has 1 heterocycles. The number of thioether (sulfide) groups is 1. The Morgan fingerprint density at radius 3 is 2.72 bits per heavy atom. The number of fused-ring (bicyclic) bond motifs is 1. The lowest BCUT2D eigenvalue weighted by molar-refractivity contribution is -0.113. The van der Waals surface area contributed by atoms with E-state index in [2.05, 4.69) is 24.1 Å². The molecule has 7 heteroatoms. The van der Waals surface area contributed by atoms with Gasteiger partial charge in [-0.3, -0.25) is 14.2 Å². The summed E-state index contributed by atoms with van der Waals surface area (Å²) in [5.74, 6) is 0.335. The first kappa shape index (κ1) is 21.4. The molecule has 29 heavy (non-hydrogen) atoms. The van der Waals surface area contributed by atoms with Crippen LogP contribution in [0.1, 0.15) is 38.7 Å². The minimum absolute atomic E-state index is 0.110. The molecule has 0 saturated carbocycles. The number of benzene rings is 2. The van der Waals surface area contributed by atoms with Crippen LogP contribution in [0.4, 0.5) is 5.69 Å². The number of hydrogen-bond donors (Lipinski definition) is 1. The molecule has 1 aromatic heterocycles. The van der Waals surface area contributed by atoms with E-state index in [-0.39, 0.29) is 17.2 Å². The van der Waals surface area contributed by atoms with Gasteiger partial charge in [0, 0.05) is 17.3 Å². The first-order valence-electron chi connectivity index (χ1n) is 9.62. The molecule has 0 aliphatic rings. The number of nitrogens with one attached hydrogen (secondary N) is 1. The fourth-order valence-electron chi connectivity index (χ4n) is 3.14. The number of carbonyl (C=O) groups excluding carboxylic acids is 1. The standard InChI is InChI=1S/C22H24ClN3O2S/c1-4-11-26-21(28)17-10-9-15(23)12-19(17)25-22(26)29-13-20(27)24-18-8-6-5-7-16(18)14(2)3/h5-10,12,14H,4,11,13H2,1-3H3,(H,24,27). The molecule has 3 rings (SSSR count). The van der Waals surface area contributed by atoms with Crippen LogP contribution in [0.15, 0.2) is 52.4 Å². The zero-order valence-corrected chi connectivity index (χ0v) is 18.3. The van der Waals surface area contributed by atoms with Gasteiger partial charge in [-0.2, -0.15) is 0 Å². The van der Waals surface area contributed by atoms with Gasteiger partial charge in [-0.25, -0.2) is 4.98 Å². The maximum atomic E-state index is 12.9. The van der Waals surface area contributed by atoms with Gasteiger partial charge in [0.1, 0.15) is 0 Å². The molecule has 0 unspecified atom stereocenters. The van der Waals surface area contributed by atoms with Gasteiger partial charge in [-0.05, 0) is 42.2 Å². The highest BCUT2D eigenvalue weighted by Gasteiger charge is 2.14. The summed E-state index contributed by atoms with van der Waals surface area (Å²) in [6.45, 7) is 6.73. The predicted molar refractivity (Wildman–Crippen MR) is 121 cm³/mol. The lowest BCUT2D eigenvalue weighted by atomic mass is 10.0. The van der Waals surface area contributed by atoms with Gasteiger partial charge >= 0.3 is 0 Å². The number of nitrogens with zero attached hydrogens (tertiary/aromatic N) is 2. The van der Waals surface area contributed by atoms with E-state index in [9.17, 15) is 9.59 Å². The van der Waals surface area contributed by atoms with Crippen molar-refractivity contribution in [2.24, 2.45) is 0 Å². The van der Waals surface area contributed by atoms with Crippen molar-refractivity contribution in [3.63, 3.8) is 0 Å². The topological polar surface area (TPSA) is 64.0 Å². The molecule has 152 valence electrons. The van der Waals surface area contributed by atoms with E-state index in [1.807, 2.05) is 31.2 Å². The van der Waals surface area contributed by atoms with Crippen LogP contribution in [0.5, 0.6) is 0 Å². The molecular formula is C22H24ClN3O2S. The van der Waals surface area contributed by atoms with Crippen LogP contribution >= 0.6 is 23.4 Å². The molecular weight excluding hydrogens is 406 g/mol. The van der Waals surface area contributed by atoms with Crippen molar-refractivity contribution in [1.29, 1.82) is 0 Å². The number of amides is 1. The maximum absolute atomic E-state index is 12.9. The van der Waals surface area contributed by atoms with Gasteiger partial charge in [0.15, 0.2) is 5.16 Å². The molecule has 0 radical (unpaired) electrons. The summed E-state index contributed by atoms with van der Waals surface area (Å²) < 4.78 is 1.64. The highest BCUT2D eigenvalue weighted by atomic mass is 35.5. The quantitative estimate of drug-likeness (QED) is 0.408. The van der Waals surface area contributed by atoms with Gasteiger partial charge in [0.25, 0.3) is 5.56 Å². The SMILES string of the molecule is CCCn1c(SCC(=O)Nc2ccccc2C(C)C)nc2cc(Cl)ccc2c1=O. The number of carbonyl (C=O) groups is 1. The summed E-state index contributed by atoms with van der Waals surface area (Å²) in [7, 11) is 0. The molecule has 2 aromatic carbocycles. The first-order chi connectivity index (χ1) is 13.9. The Hall–Kier alpha value is -2.31. The second kappa shape index (κ2) is 9.46. The largest absolute Gasteiger partial charge is 0.325 e. The van der Waals surface area contributed by atoms with Crippen LogP contribution in [0, 0.1) is 0 Å². The smallest absolute Gasteiger partial charge is 0.262 e. The zero-order chi connectivity index (χ0) is 21.0. The molecule has 1 N–H and O–H groups in total. The number of hydrogen-bond acceptors (Lipinski definition) is 4. The zero-order valence-electron chi connectivity index (χ0n) is 16.7. The highest BCUT2D eigenvalue weighted by Crippen LogP contribution is 2.25. The van der Waals surface area contributed by atoms with E-state index in [0.29, 0.717) is 33.5 Å². The summed E-state index contributed by atoms with van der Waals surface area (Å²) >= 11 is 7.32. The summed E-state index contributed by atoms with van der Waals surface area (Å²) in [5.41, 5.74) is 2.34. The van der Waals surface area contributed by atoms with E-state index in [1.165, 1.54) is 11.8 Å². The van der Waals surface area contributed by atoms with Crippen molar-refractivity contribution < 1.29 is 4.79 Å². The second-order valence-corrected chi connectivity index (χ2v) is 8.47. The Morgan fingerprint density at radius 1 is 1.24 bits per heavy atom. The van der Waals surface area contributed by atoms with Crippen molar-refractivity contribution in [3.05, 3.63) is 63.4 Å². The monoisotopic (exact) mass is 429 g/mol. The third kappa shape index (κ3) is 5.00. The van der Waals surface area contributed by atoms with Gasteiger partial charge < -0.3 is 5.32 Å². The second-order valence-electron chi connectivity index (χ2n) is 7.09. The third-order valence-electron chi connectivity index (χ3n) is 4.52. The summed E-state index contributed by atoms with van der Waals surface area (Å²) in [5, 5.41) is 4.56. The fourth-order valence-corrected chi connectivity index (χ4v) is 4.13. The molecule has 0 aliphatic heterocycles. The van der Waals surface area contributed by atoms with Crippen molar-refractivity contribution >= 4 is 45.9 Å². The normalized spacial score (nSPS) is 11.2. The number of rotatable bonds is 7. The van der Waals surface area contributed by atoms with Crippen molar-refractivity contribution in [3.8, 4) is 0 Å². The average Bonchev–Trinajstić information content (AvgIpc) is 2.69. The van der Waals surface area contributed by atoms with Crippen molar-refractivity contribution in [1.82, 2.24) is 9.55 Å². The molecule has 1 amide bonds. The lowest BCUT2D eigenvalue weighted by Crippen LogP contribution is -2.24. The van der Waals surface area contributed by atoms with Crippen molar-refractivity contribution in [2.75, 3.05) is 11.1 Å². The predicted octanol–water partition coefficient (Wildman–Crippen LogP) is 5.31. The molecule has 0 atom stereocenters. The Kier molecular flexibility index (Phi) is 6.98. The van der Waals surface area contributed by atoms with Crippen LogP contribution in [0.25, 0.3) is 10.9 Å². The highest BCUT2D eigenvalue weighted by molar-refractivity contribution is 7.99. The van der Waals surface area contributed by atoms with E-state index < -0.39 is 0 Å². The number of halogens is 1. The molecule has 5 nitrogen and oxygen atoms in total. The number of aromatic nitrogens is 2. The van der Waals surface area contributed by atoms with Crippen LogP contribution < -0.4 is 10.9 Å². The van der Waals surface area contributed by atoms with Crippen molar-refractivity contribution in [2.45, 2.75) is 44.8 Å². The first-order valence-corrected chi connectivity index (χ1v) is 11.0. The van der Waals surface area contributed by atoms with Gasteiger partial charge in [0.2, 0.25) is 5.91 Å². The molecule has 0 aliphatic carbocycles. The van der Waals surface area contributed by atoms with Gasteiger partial charge in [0.05, 0.1) is 16.7 Å².